The van der Waals surface area contributed by atoms with E-state index in [2.05, 4.69) is 40.5 Å². The Kier molecular flexibility index (Phi) is 9.53. The fraction of sp³-hybridized carbons (Fsp3) is 0.276. The number of aliphatic imine (C=N–C) groups is 1. The molecule has 0 amide bonds. The Labute approximate surface area is 235 Å². The Hall–Kier alpha value is -3.69. The summed E-state index contributed by atoms with van der Waals surface area (Å²) in [4.78, 5) is 13.4. The fourth-order valence-corrected chi connectivity index (χ4v) is 4.65. The zero-order valence-electron chi connectivity index (χ0n) is 23.1. The molecule has 0 aliphatic carbocycles. The van der Waals surface area contributed by atoms with Crippen LogP contribution in [0.5, 0.6) is 17.2 Å². The maximum absolute atomic E-state index is 13.5. The van der Waals surface area contributed by atoms with Gasteiger partial charge in [0.05, 0.1) is 12.0 Å². The number of para-hydroxylation sites is 2. The number of ether oxygens (including phenoxy) is 2. The summed E-state index contributed by atoms with van der Waals surface area (Å²) in [5, 5.41) is -0.105. The number of sulfonamides is 1. The van der Waals surface area contributed by atoms with Crippen LogP contribution in [0.4, 0.5) is 5.82 Å². The highest BCUT2D eigenvalue weighted by atomic mass is 35.5. The average molecular weight is 569 g/mol. The first-order valence-electron chi connectivity index (χ1n) is 12.2. The molecule has 0 atom stereocenters. The topological polar surface area (TPSA) is 103 Å². The SMILES string of the molecule is C/C=C\C=NC(=C(C)C)c1nc(Cl)c(Oc2ccccc2OC)c(NS(=O)(=O)c2ccc(C(C)(C)C)cc2)n1. The molecule has 0 saturated carbocycles. The van der Waals surface area contributed by atoms with Crippen LogP contribution in [-0.2, 0) is 15.4 Å². The minimum atomic E-state index is -4.08. The van der Waals surface area contributed by atoms with Gasteiger partial charge in [0.25, 0.3) is 10.0 Å². The van der Waals surface area contributed by atoms with Crippen LogP contribution in [0.15, 0.2) is 76.1 Å². The zero-order valence-corrected chi connectivity index (χ0v) is 24.7. The molecule has 0 fully saturated rings. The molecule has 39 heavy (non-hydrogen) atoms. The number of nitrogens with one attached hydrogen (secondary N) is 1. The second-order valence-electron chi connectivity index (χ2n) is 9.80. The molecule has 0 aliphatic rings. The number of nitrogens with zero attached hydrogens (tertiary/aromatic N) is 3. The van der Waals surface area contributed by atoms with Crippen molar-refractivity contribution in [2.75, 3.05) is 11.8 Å². The largest absolute Gasteiger partial charge is 0.493 e. The molecule has 8 nitrogen and oxygen atoms in total. The van der Waals surface area contributed by atoms with E-state index in [4.69, 9.17) is 21.1 Å². The van der Waals surface area contributed by atoms with E-state index in [1.54, 1.807) is 60.8 Å². The monoisotopic (exact) mass is 568 g/mol. The summed E-state index contributed by atoms with van der Waals surface area (Å²) in [5.74, 6) is 0.641. The third-order valence-corrected chi connectivity index (χ3v) is 7.15. The number of halogens is 1. The Bertz CT molecular complexity index is 1520. The number of anilines is 1. The van der Waals surface area contributed by atoms with Crippen LogP contribution in [0, 0.1) is 0 Å². The molecule has 3 rings (SSSR count). The number of methoxy groups -OCH3 is 1. The van der Waals surface area contributed by atoms with Crippen molar-refractivity contribution in [3.8, 4) is 17.2 Å². The number of benzene rings is 2. The Morgan fingerprint density at radius 2 is 1.67 bits per heavy atom. The van der Waals surface area contributed by atoms with Gasteiger partial charge >= 0.3 is 0 Å². The van der Waals surface area contributed by atoms with Crippen LogP contribution < -0.4 is 14.2 Å². The van der Waals surface area contributed by atoms with Gasteiger partial charge in [0.15, 0.2) is 28.3 Å². The van der Waals surface area contributed by atoms with E-state index in [9.17, 15) is 8.42 Å². The minimum absolute atomic E-state index is 0.0589. The van der Waals surface area contributed by atoms with Crippen molar-refractivity contribution in [2.24, 2.45) is 4.99 Å². The van der Waals surface area contributed by atoms with E-state index in [0.29, 0.717) is 17.2 Å². The molecule has 206 valence electrons. The van der Waals surface area contributed by atoms with Gasteiger partial charge in [0.2, 0.25) is 5.75 Å². The van der Waals surface area contributed by atoms with Crippen molar-refractivity contribution < 1.29 is 17.9 Å². The van der Waals surface area contributed by atoms with Gasteiger partial charge in [-0.15, -0.1) is 0 Å². The zero-order chi connectivity index (χ0) is 28.8. The third kappa shape index (κ3) is 7.46. The second-order valence-corrected chi connectivity index (χ2v) is 11.8. The van der Waals surface area contributed by atoms with Crippen molar-refractivity contribution in [3.05, 3.63) is 82.8 Å². The van der Waals surface area contributed by atoms with E-state index < -0.39 is 10.0 Å². The number of rotatable bonds is 9. The molecular formula is C29H33ClN4O4S. The van der Waals surface area contributed by atoms with Crippen molar-refractivity contribution in [1.29, 1.82) is 0 Å². The van der Waals surface area contributed by atoms with Gasteiger partial charge in [0.1, 0.15) is 5.70 Å². The van der Waals surface area contributed by atoms with Gasteiger partial charge in [-0.2, -0.15) is 0 Å². The number of hydrogen-bond donors (Lipinski definition) is 1. The van der Waals surface area contributed by atoms with Gasteiger partial charge in [-0.3, -0.25) is 9.71 Å². The molecule has 0 radical (unpaired) electrons. The van der Waals surface area contributed by atoms with E-state index in [1.165, 1.54) is 7.11 Å². The molecular weight excluding hydrogens is 536 g/mol. The van der Waals surface area contributed by atoms with Gasteiger partial charge in [-0.1, -0.05) is 62.7 Å². The third-order valence-electron chi connectivity index (χ3n) is 5.53. The maximum atomic E-state index is 13.5. The van der Waals surface area contributed by atoms with Crippen LogP contribution in [0.2, 0.25) is 5.15 Å². The summed E-state index contributed by atoms with van der Waals surface area (Å²) in [6.45, 7) is 11.7. The number of allylic oxidation sites excluding steroid dienone is 3. The summed E-state index contributed by atoms with van der Waals surface area (Å²) in [5.41, 5.74) is 2.11. The highest BCUT2D eigenvalue weighted by molar-refractivity contribution is 7.92. The van der Waals surface area contributed by atoms with Gasteiger partial charge in [-0.05, 0) is 67.7 Å². The van der Waals surface area contributed by atoms with Crippen molar-refractivity contribution in [2.45, 2.75) is 51.9 Å². The van der Waals surface area contributed by atoms with Crippen LogP contribution in [0.1, 0.15) is 52.9 Å². The molecule has 0 unspecified atom stereocenters. The highest BCUT2D eigenvalue weighted by Crippen LogP contribution is 2.40. The molecule has 2 aromatic carbocycles. The first-order chi connectivity index (χ1) is 18.4. The lowest BCUT2D eigenvalue weighted by atomic mass is 9.87. The summed E-state index contributed by atoms with van der Waals surface area (Å²) in [7, 11) is -2.58. The molecule has 3 aromatic rings. The van der Waals surface area contributed by atoms with Crippen LogP contribution in [0.3, 0.4) is 0 Å². The maximum Gasteiger partial charge on any atom is 0.263 e. The van der Waals surface area contributed by atoms with Crippen molar-refractivity contribution in [1.82, 2.24) is 9.97 Å². The van der Waals surface area contributed by atoms with E-state index in [0.717, 1.165) is 11.1 Å². The summed E-state index contributed by atoms with van der Waals surface area (Å²) >= 11 is 6.60. The van der Waals surface area contributed by atoms with Gasteiger partial charge in [-0.25, -0.2) is 18.4 Å². The summed E-state index contributed by atoms with van der Waals surface area (Å²) < 4.78 is 40.9. The molecule has 0 spiro atoms. The van der Waals surface area contributed by atoms with Gasteiger partial charge < -0.3 is 9.47 Å². The normalized spacial score (nSPS) is 12.1. The standard InChI is InChI=1S/C29H33ClN4O4S/c1-8-9-18-31-24(19(2)3)27-32-26(30)25(38-23-13-11-10-12-22(23)37-7)28(33-27)34-39(35,36)21-16-14-20(15-17-21)29(4,5)6/h8-18H,1-7H3,(H,32,33,34)/b9-8-,31-18?. The van der Waals surface area contributed by atoms with Crippen molar-refractivity contribution in [3.63, 3.8) is 0 Å². The number of hydrogen-bond acceptors (Lipinski definition) is 7. The lowest BCUT2D eigenvalue weighted by molar-refractivity contribution is 0.378. The van der Waals surface area contributed by atoms with E-state index >= 15 is 0 Å². The minimum Gasteiger partial charge on any atom is -0.493 e. The van der Waals surface area contributed by atoms with Gasteiger partial charge in [0, 0.05) is 6.21 Å². The predicted molar refractivity (Wildman–Crippen MR) is 158 cm³/mol. The summed E-state index contributed by atoms with van der Waals surface area (Å²) in [6, 6.07) is 13.6. The first kappa shape index (κ1) is 29.9. The molecule has 0 bridgehead atoms. The molecule has 10 heteroatoms. The quantitative estimate of drug-likeness (QED) is 0.213. The molecule has 1 N–H and O–H groups in total. The van der Waals surface area contributed by atoms with Crippen molar-refractivity contribution >= 4 is 39.4 Å². The Balaban J connectivity index is 2.16. The Morgan fingerprint density at radius 1 is 1.03 bits per heavy atom. The second kappa shape index (κ2) is 12.4. The lowest BCUT2D eigenvalue weighted by Crippen LogP contribution is -2.17. The fourth-order valence-electron chi connectivity index (χ4n) is 3.44. The summed E-state index contributed by atoms with van der Waals surface area (Å²) in [6.07, 6.45) is 5.18. The predicted octanol–water partition coefficient (Wildman–Crippen LogP) is 7.43. The molecule has 0 saturated heterocycles. The van der Waals surface area contributed by atoms with Crippen LogP contribution >= 0.6 is 11.6 Å². The average Bonchev–Trinajstić information content (AvgIpc) is 2.88. The first-order valence-corrected chi connectivity index (χ1v) is 14.1. The number of aromatic nitrogens is 2. The van der Waals surface area contributed by atoms with E-state index in [1.807, 2.05) is 26.8 Å². The van der Waals surface area contributed by atoms with E-state index in [-0.39, 0.29) is 32.9 Å². The smallest absolute Gasteiger partial charge is 0.263 e. The highest BCUT2D eigenvalue weighted by Gasteiger charge is 2.25. The molecule has 0 aliphatic heterocycles. The Morgan fingerprint density at radius 3 is 2.23 bits per heavy atom. The molecule has 1 aromatic heterocycles. The van der Waals surface area contributed by atoms with Crippen LogP contribution in [-0.4, -0.2) is 31.7 Å². The van der Waals surface area contributed by atoms with Crippen LogP contribution in [0.25, 0.3) is 5.70 Å². The lowest BCUT2D eigenvalue weighted by Gasteiger charge is -2.19. The molecule has 1 heterocycles.